The van der Waals surface area contributed by atoms with Gasteiger partial charge in [0.05, 0.1) is 12.2 Å². The second-order valence-corrected chi connectivity index (χ2v) is 9.21. The summed E-state index contributed by atoms with van der Waals surface area (Å²) in [6.07, 6.45) is 5.31. The molecule has 160 valence electrons. The van der Waals surface area contributed by atoms with Gasteiger partial charge in [0, 0.05) is 23.8 Å². The third kappa shape index (κ3) is 4.25. The predicted molar refractivity (Wildman–Crippen MR) is 121 cm³/mol. The van der Waals surface area contributed by atoms with E-state index in [1.165, 1.54) is 0 Å². The normalized spacial score (nSPS) is 23.2. The molecule has 1 amide bonds. The third-order valence-corrected chi connectivity index (χ3v) is 6.91. The summed E-state index contributed by atoms with van der Waals surface area (Å²) in [6, 6.07) is 11.6. The summed E-state index contributed by atoms with van der Waals surface area (Å²) in [5, 5.41) is 6.44. The van der Waals surface area contributed by atoms with Crippen molar-refractivity contribution in [3.63, 3.8) is 0 Å². The molecule has 0 unspecified atom stereocenters. The SMILES string of the molecule is Cc1cccc(N2CC3(CCC(CNc4nc(-c5ccccn5)cs4)CC3)OC2=O)n1. The van der Waals surface area contributed by atoms with Crippen molar-refractivity contribution >= 4 is 28.4 Å². The molecule has 1 N–H and O–H groups in total. The highest BCUT2D eigenvalue weighted by molar-refractivity contribution is 7.14. The number of ether oxygens (including phenoxy) is 1. The van der Waals surface area contributed by atoms with Gasteiger partial charge in [-0.05, 0) is 62.8 Å². The van der Waals surface area contributed by atoms with Crippen molar-refractivity contribution in [1.82, 2.24) is 15.0 Å². The van der Waals surface area contributed by atoms with Crippen molar-refractivity contribution < 1.29 is 9.53 Å². The maximum absolute atomic E-state index is 12.5. The summed E-state index contributed by atoms with van der Waals surface area (Å²) in [5.74, 6) is 1.22. The third-order valence-electron chi connectivity index (χ3n) is 6.11. The highest BCUT2D eigenvalue weighted by atomic mass is 32.1. The average Bonchev–Trinajstić information content (AvgIpc) is 3.39. The van der Waals surface area contributed by atoms with Crippen LogP contribution in [0.25, 0.3) is 11.4 Å². The number of rotatable bonds is 5. The van der Waals surface area contributed by atoms with E-state index in [0.717, 1.165) is 54.4 Å². The van der Waals surface area contributed by atoms with Gasteiger partial charge in [0.15, 0.2) is 5.13 Å². The van der Waals surface area contributed by atoms with Crippen molar-refractivity contribution in [2.24, 2.45) is 5.92 Å². The van der Waals surface area contributed by atoms with Crippen LogP contribution in [0, 0.1) is 12.8 Å². The molecular weight excluding hydrogens is 410 g/mol. The number of hydrogen-bond acceptors (Lipinski definition) is 7. The smallest absolute Gasteiger partial charge is 0.416 e. The lowest BCUT2D eigenvalue weighted by atomic mass is 9.78. The second kappa shape index (κ2) is 8.26. The molecule has 4 heterocycles. The second-order valence-electron chi connectivity index (χ2n) is 8.35. The van der Waals surface area contributed by atoms with Gasteiger partial charge in [-0.15, -0.1) is 11.3 Å². The quantitative estimate of drug-likeness (QED) is 0.614. The number of aromatic nitrogens is 3. The Labute approximate surface area is 185 Å². The van der Waals surface area contributed by atoms with Gasteiger partial charge < -0.3 is 10.1 Å². The Morgan fingerprint density at radius 3 is 2.81 bits per heavy atom. The topological polar surface area (TPSA) is 80.2 Å². The molecule has 1 spiro atoms. The Hall–Kier alpha value is -3.00. The first-order chi connectivity index (χ1) is 15.1. The molecule has 1 saturated heterocycles. The van der Waals surface area contributed by atoms with Gasteiger partial charge in [-0.3, -0.25) is 9.88 Å². The summed E-state index contributed by atoms with van der Waals surface area (Å²) in [6.45, 7) is 3.39. The molecule has 0 bridgehead atoms. The monoisotopic (exact) mass is 435 g/mol. The van der Waals surface area contributed by atoms with Gasteiger partial charge in [-0.1, -0.05) is 12.1 Å². The fraction of sp³-hybridized carbons (Fsp3) is 0.391. The summed E-state index contributed by atoms with van der Waals surface area (Å²) < 4.78 is 5.87. The Morgan fingerprint density at radius 1 is 1.16 bits per heavy atom. The number of aryl methyl sites for hydroxylation is 1. The number of anilines is 2. The summed E-state index contributed by atoms with van der Waals surface area (Å²) >= 11 is 1.61. The summed E-state index contributed by atoms with van der Waals surface area (Å²) in [5.41, 5.74) is 2.31. The van der Waals surface area contributed by atoms with Crippen LogP contribution in [0.3, 0.4) is 0 Å². The minimum Gasteiger partial charge on any atom is -0.441 e. The number of amides is 1. The predicted octanol–water partition coefficient (Wildman–Crippen LogP) is 4.91. The van der Waals surface area contributed by atoms with Crippen LogP contribution in [0.2, 0.25) is 0 Å². The number of nitrogens with one attached hydrogen (secondary N) is 1. The molecule has 2 aliphatic rings. The van der Waals surface area contributed by atoms with Crippen molar-refractivity contribution in [1.29, 1.82) is 0 Å². The van der Waals surface area contributed by atoms with Crippen LogP contribution in [0.4, 0.5) is 15.7 Å². The maximum atomic E-state index is 12.5. The lowest BCUT2D eigenvalue weighted by Crippen LogP contribution is -2.39. The molecule has 2 fully saturated rings. The number of carbonyl (C=O) groups is 1. The zero-order valence-electron chi connectivity index (χ0n) is 17.5. The fourth-order valence-corrected chi connectivity index (χ4v) is 5.08. The highest BCUT2D eigenvalue weighted by Crippen LogP contribution is 2.40. The molecule has 8 heteroatoms. The lowest BCUT2D eigenvalue weighted by molar-refractivity contribution is 0.0148. The van der Waals surface area contributed by atoms with Crippen LogP contribution in [0.5, 0.6) is 0 Å². The molecule has 1 saturated carbocycles. The Bertz CT molecular complexity index is 1060. The first kappa shape index (κ1) is 19.9. The van der Waals surface area contributed by atoms with E-state index in [1.54, 1.807) is 22.4 Å². The molecule has 1 aliphatic heterocycles. The van der Waals surface area contributed by atoms with Gasteiger partial charge in [-0.2, -0.15) is 0 Å². The average molecular weight is 436 g/mol. The van der Waals surface area contributed by atoms with Gasteiger partial charge >= 0.3 is 6.09 Å². The molecular formula is C23H25N5O2S. The van der Waals surface area contributed by atoms with Gasteiger partial charge in [0.1, 0.15) is 17.1 Å². The van der Waals surface area contributed by atoms with Crippen LogP contribution in [-0.4, -0.2) is 39.7 Å². The van der Waals surface area contributed by atoms with E-state index in [-0.39, 0.29) is 11.7 Å². The number of nitrogens with zero attached hydrogens (tertiary/aromatic N) is 4. The van der Waals surface area contributed by atoms with Gasteiger partial charge in [0.25, 0.3) is 0 Å². The summed E-state index contributed by atoms with van der Waals surface area (Å²) in [4.78, 5) is 27.7. The first-order valence-corrected chi connectivity index (χ1v) is 11.5. The zero-order valence-corrected chi connectivity index (χ0v) is 18.3. The first-order valence-electron chi connectivity index (χ1n) is 10.7. The van der Waals surface area contributed by atoms with Crippen LogP contribution in [0.15, 0.2) is 48.0 Å². The van der Waals surface area contributed by atoms with E-state index in [9.17, 15) is 4.79 Å². The largest absolute Gasteiger partial charge is 0.441 e. The minimum absolute atomic E-state index is 0.278. The van der Waals surface area contributed by atoms with E-state index < -0.39 is 0 Å². The molecule has 0 aromatic carbocycles. The number of thiazole rings is 1. The lowest BCUT2D eigenvalue weighted by Gasteiger charge is -2.35. The molecule has 31 heavy (non-hydrogen) atoms. The van der Waals surface area contributed by atoms with E-state index in [2.05, 4.69) is 20.3 Å². The van der Waals surface area contributed by atoms with Gasteiger partial charge in [0.2, 0.25) is 0 Å². The maximum Gasteiger partial charge on any atom is 0.416 e. The van der Waals surface area contributed by atoms with Crippen LogP contribution in [0.1, 0.15) is 31.4 Å². The van der Waals surface area contributed by atoms with Crippen LogP contribution >= 0.6 is 11.3 Å². The van der Waals surface area contributed by atoms with E-state index in [4.69, 9.17) is 4.74 Å². The number of hydrogen-bond donors (Lipinski definition) is 1. The Balaban J connectivity index is 1.15. The summed E-state index contributed by atoms with van der Waals surface area (Å²) in [7, 11) is 0. The zero-order chi connectivity index (χ0) is 21.3. The molecule has 0 radical (unpaired) electrons. The van der Waals surface area contributed by atoms with Crippen molar-refractivity contribution in [2.45, 2.75) is 38.2 Å². The Kier molecular flexibility index (Phi) is 5.31. The fourth-order valence-electron chi connectivity index (χ4n) is 4.37. The van der Waals surface area contributed by atoms with Gasteiger partial charge in [-0.25, -0.2) is 14.8 Å². The molecule has 3 aromatic heterocycles. The number of pyridine rings is 2. The van der Waals surface area contributed by atoms with Crippen molar-refractivity contribution in [3.05, 3.63) is 53.7 Å². The van der Waals surface area contributed by atoms with Crippen LogP contribution < -0.4 is 10.2 Å². The van der Waals surface area contributed by atoms with Crippen molar-refractivity contribution in [2.75, 3.05) is 23.3 Å². The molecule has 1 aliphatic carbocycles. The molecule has 3 aromatic rings. The minimum atomic E-state index is -0.383. The van der Waals surface area contributed by atoms with E-state index in [0.29, 0.717) is 18.3 Å². The van der Waals surface area contributed by atoms with E-state index >= 15 is 0 Å². The molecule has 7 nitrogen and oxygen atoms in total. The number of carbonyl (C=O) groups excluding carboxylic acids is 1. The standard InChI is InChI=1S/C23H25N5O2S/c1-16-5-4-7-20(26-16)28-15-23(30-22(28)29)10-8-17(9-11-23)13-25-21-27-19(14-31-21)18-6-2-3-12-24-18/h2-7,12,14,17H,8-11,13,15H2,1H3,(H,25,27). The highest BCUT2D eigenvalue weighted by Gasteiger charge is 2.48. The molecule has 5 rings (SSSR count). The van der Waals surface area contributed by atoms with Crippen molar-refractivity contribution in [3.8, 4) is 11.4 Å². The molecule has 0 atom stereocenters. The Morgan fingerprint density at radius 2 is 2.03 bits per heavy atom. The van der Waals surface area contributed by atoms with Crippen LogP contribution in [-0.2, 0) is 4.74 Å². The van der Waals surface area contributed by atoms with E-state index in [1.807, 2.05) is 48.7 Å².